The summed E-state index contributed by atoms with van der Waals surface area (Å²) >= 11 is 0. The maximum Gasteiger partial charge on any atom is 0.0790 e. The molecule has 0 aliphatic heterocycles. The van der Waals surface area contributed by atoms with Crippen LogP contribution in [0.3, 0.4) is 0 Å². The molecule has 1 aliphatic rings. The van der Waals surface area contributed by atoms with E-state index in [1.54, 1.807) is 0 Å². The largest absolute Gasteiger partial charge is 0.388 e. The molecule has 0 amide bonds. The molecular formula is C20H32O. The molecule has 0 radical (unpaired) electrons. The standard InChI is InChI=1S/C20H32O/c1-14(2)7-10-18(21)15-8-9-16-17(13-15)20(5,6)12-11-19(16,3)4/h8-9,13-14,18,21H,7,10-12H2,1-6H3. The monoisotopic (exact) mass is 288 g/mol. The van der Waals surface area contributed by atoms with Crippen LogP contribution in [0.15, 0.2) is 18.2 Å². The van der Waals surface area contributed by atoms with Gasteiger partial charge in [-0.05, 0) is 59.1 Å². The van der Waals surface area contributed by atoms with E-state index < -0.39 is 0 Å². The van der Waals surface area contributed by atoms with Gasteiger partial charge in [0.15, 0.2) is 0 Å². The Morgan fingerprint density at radius 2 is 1.52 bits per heavy atom. The van der Waals surface area contributed by atoms with Gasteiger partial charge in [0.25, 0.3) is 0 Å². The first-order valence-electron chi connectivity index (χ1n) is 8.46. The van der Waals surface area contributed by atoms with Gasteiger partial charge in [-0.15, -0.1) is 0 Å². The van der Waals surface area contributed by atoms with Crippen molar-refractivity contribution < 1.29 is 5.11 Å². The predicted molar refractivity (Wildman–Crippen MR) is 90.8 cm³/mol. The molecule has 0 saturated carbocycles. The van der Waals surface area contributed by atoms with Gasteiger partial charge < -0.3 is 5.11 Å². The van der Waals surface area contributed by atoms with Crippen molar-refractivity contribution in [2.75, 3.05) is 0 Å². The topological polar surface area (TPSA) is 20.2 Å². The zero-order valence-corrected chi connectivity index (χ0v) is 14.7. The van der Waals surface area contributed by atoms with E-state index >= 15 is 0 Å². The van der Waals surface area contributed by atoms with Crippen LogP contribution in [0, 0.1) is 5.92 Å². The van der Waals surface area contributed by atoms with Gasteiger partial charge in [-0.1, -0.05) is 59.7 Å². The van der Waals surface area contributed by atoms with Crippen LogP contribution in [0.1, 0.15) is 90.0 Å². The van der Waals surface area contributed by atoms with E-state index in [2.05, 4.69) is 59.7 Å². The molecule has 0 saturated heterocycles. The number of fused-ring (bicyclic) bond motifs is 1. The molecule has 1 aromatic carbocycles. The summed E-state index contributed by atoms with van der Waals surface area (Å²) in [5, 5.41) is 10.5. The second-order valence-electron chi connectivity index (χ2n) is 8.56. The predicted octanol–water partition coefficient (Wildman–Crippen LogP) is 5.51. The maximum absolute atomic E-state index is 10.5. The summed E-state index contributed by atoms with van der Waals surface area (Å²) in [4.78, 5) is 0. The van der Waals surface area contributed by atoms with Gasteiger partial charge in [-0.2, -0.15) is 0 Å². The molecule has 1 heteroatoms. The summed E-state index contributed by atoms with van der Waals surface area (Å²) in [7, 11) is 0. The third-order valence-electron chi connectivity index (χ3n) is 5.28. The van der Waals surface area contributed by atoms with E-state index in [0.717, 1.165) is 18.4 Å². The summed E-state index contributed by atoms with van der Waals surface area (Å²) in [6.07, 6.45) is 4.08. The molecule has 1 aromatic rings. The van der Waals surface area contributed by atoms with E-state index in [1.807, 2.05) is 0 Å². The lowest BCUT2D eigenvalue weighted by molar-refractivity contribution is 0.158. The first-order valence-corrected chi connectivity index (χ1v) is 8.46. The zero-order valence-electron chi connectivity index (χ0n) is 14.7. The molecule has 0 fully saturated rings. The molecule has 0 spiro atoms. The van der Waals surface area contributed by atoms with Crippen LogP contribution in [-0.2, 0) is 10.8 Å². The van der Waals surface area contributed by atoms with Crippen molar-refractivity contribution in [3.63, 3.8) is 0 Å². The van der Waals surface area contributed by atoms with Crippen molar-refractivity contribution in [2.45, 2.75) is 84.2 Å². The van der Waals surface area contributed by atoms with E-state index in [0.29, 0.717) is 5.92 Å². The van der Waals surface area contributed by atoms with E-state index in [4.69, 9.17) is 0 Å². The average Bonchev–Trinajstić information content (AvgIpc) is 2.41. The van der Waals surface area contributed by atoms with Gasteiger partial charge in [-0.3, -0.25) is 0 Å². The number of benzene rings is 1. The highest BCUT2D eigenvalue weighted by atomic mass is 16.3. The normalized spacial score (nSPS) is 21.1. The summed E-state index contributed by atoms with van der Waals surface area (Å²) in [5.74, 6) is 0.646. The van der Waals surface area contributed by atoms with Crippen molar-refractivity contribution >= 4 is 0 Å². The fraction of sp³-hybridized carbons (Fsp3) is 0.700. The number of hydrogen-bond donors (Lipinski definition) is 1. The van der Waals surface area contributed by atoms with Crippen molar-refractivity contribution in [3.05, 3.63) is 34.9 Å². The quantitative estimate of drug-likeness (QED) is 0.775. The summed E-state index contributed by atoms with van der Waals surface area (Å²) in [5.41, 5.74) is 4.49. The lowest BCUT2D eigenvalue weighted by atomic mass is 9.63. The van der Waals surface area contributed by atoms with Gasteiger partial charge in [0.2, 0.25) is 0 Å². The summed E-state index contributed by atoms with van der Waals surface area (Å²) < 4.78 is 0. The number of aliphatic hydroxyl groups excluding tert-OH is 1. The number of rotatable bonds is 4. The highest BCUT2D eigenvalue weighted by molar-refractivity contribution is 5.44. The third kappa shape index (κ3) is 3.51. The first kappa shape index (κ1) is 16.5. The van der Waals surface area contributed by atoms with Crippen molar-refractivity contribution in [3.8, 4) is 0 Å². The van der Waals surface area contributed by atoms with Gasteiger partial charge in [-0.25, -0.2) is 0 Å². The Labute approximate surface area is 130 Å². The maximum atomic E-state index is 10.5. The molecule has 1 N–H and O–H groups in total. The van der Waals surface area contributed by atoms with Gasteiger partial charge in [0, 0.05) is 0 Å². The second kappa shape index (κ2) is 5.76. The summed E-state index contributed by atoms with van der Waals surface area (Å²) in [6.45, 7) is 13.8. The molecule has 1 aliphatic carbocycles. The van der Waals surface area contributed by atoms with Crippen LogP contribution in [0.5, 0.6) is 0 Å². The van der Waals surface area contributed by atoms with Crippen molar-refractivity contribution in [1.82, 2.24) is 0 Å². The Balaban J connectivity index is 2.33. The molecule has 1 atom stereocenters. The third-order valence-corrected chi connectivity index (χ3v) is 5.28. The molecule has 1 unspecified atom stereocenters. The summed E-state index contributed by atoms with van der Waals surface area (Å²) in [6, 6.07) is 6.69. The Hall–Kier alpha value is -0.820. The Kier molecular flexibility index (Phi) is 4.54. The molecule has 0 heterocycles. The van der Waals surface area contributed by atoms with Crippen LogP contribution in [0.4, 0.5) is 0 Å². The second-order valence-corrected chi connectivity index (χ2v) is 8.56. The van der Waals surface area contributed by atoms with Crippen molar-refractivity contribution in [2.24, 2.45) is 5.92 Å². The molecule has 2 rings (SSSR count). The average molecular weight is 288 g/mol. The smallest absolute Gasteiger partial charge is 0.0790 e. The van der Waals surface area contributed by atoms with Crippen LogP contribution in [0.25, 0.3) is 0 Å². The lowest BCUT2D eigenvalue weighted by Crippen LogP contribution is -2.34. The van der Waals surface area contributed by atoms with E-state index in [1.165, 1.54) is 24.0 Å². The van der Waals surface area contributed by atoms with E-state index in [-0.39, 0.29) is 16.9 Å². The van der Waals surface area contributed by atoms with Gasteiger partial charge in [0.05, 0.1) is 6.10 Å². The van der Waals surface area contributed by atoms with Crippen LogP contribution in [0.2, 0.25) is 0 Å². The first-order chi connectivity index (χ1) is 9.63. The lowest BCUT2D eigenvalue weighted by Gasteiger charge is -2.42. The fourth-order valence-electron chi connectivity index (χ4n) is 3.47. The minimum absolute atomic E-state index is 0.221. The van der Waals surface area contributed by atoms with Gasteiger partial charge in [0.1, 0.15) is 0 Å². The molecule has 0 bridgehead atoms. The fourth-order valence-corrected chi connectivity index (χ4v) is 3.47. The Morgan fingerprint density at radius 3 is 2.10 bits per heavy atom. The highest BCUT2D eigenvalue weighted by Crippen LogP contribution is 2.46. The van der Waals surface area contributed by atoms with Crippen LogP contribution in [-0.4, -0.2) is 5.11 Å². The van der Waals surface area contributed by atoms with Crippen LogP contribution >= 0.6 is 0 Å². The minimum Gasteiger partial charge on any atom is -0.388 e. The highest BCUT2D eigenvalue weighted by Gasteiger charge is 2.37. The number of hydrogen-bond acceptors (Lipinski definition) is 1. The molecule has 0 aromatic heterocycles. The molecular weight excluding hydrogens is 256 g/mol. The zero-order chi connectivity index (χ0) is 15.8. The van der Waals surface area contributed by atoms with Crippen LogP contribution < -0.4 is 0 Å². The minimum atomic E-state index is -0.321. The van der Waals surface area contributed by atoms with Gasteiger partial charge >= 0.3 is 0 Å². The number of aliphatic hydroxyl groups is 1. The van der Waals surface area contributed by atoms with E-state index in [9.17, 15) is 5.11 Å². The molecule has 21 heavy (non-hydrogen) atoms. The van der Waals surface area contributed by atoms with Crippen molar-refractivity contribution in [1.29, 1.82) is 0 Å². The Morgan fingerprint density at radius 1 is 0.952 bits per heavy atom. The molecule has 118 valence electrons. The SMILES string of the molecule is CC(C)CCC(O)c1ccc2c(c1)C(C)(C)CCC2(C)C. The Bertz CT molecular complexity index is 497. The molecule has 1 nitrogen and oxygen atoms in total.